The molecule has 12 heteroatoms. The van der Waals surface area contributed by atoms with E-state index in [9.17, 15) is 19.6 Å². The SMILES string of the molecule is CC(C)(C)OC(=O)N1Cc2nc(-c3c(F)cccc3C#N)cc(-n3cc4c(n3)CCCN4C(=O)OC(C)(C)C)c2C1=O. The van der Waals surface area contributed by atoms with Crippen LogP contribution in [0.25, 0.3) is 16.9 Å². The number of hydrogen-bond donors (Lipinski definition) is 0. The minimum atomic E-state index is -0.853. The molecule has 0 spiro atoms. The molecule has 0 radical (unpaired) electrons. The zero-order chi connectivity index (χ0) is 30.6. The number of anilines is 1. The Hall–Kier alpha value is -4.79. The fourth-order valence-corrected chi connectivity index (χ4v) is 4.90. The number of hydrogen-bond acceptors (Lipinski definition) is 8. The first-order valence-electron chi connectivity index (χ1n) is 13.5. The Bertz CT molecular complexity index is 1660. The molecule has 2 aliphatic rings. The van der Waals surface area contributed by atoms with Gasteiger partial charge < -0.3 is 9.47 Å². The minimum absolute atomic E-state index is 0.0421. The number of aryl methyl sites for hydroxylation is 1. The molecule has 2 aromatic heterocycles. The number of carbonyl (C=O) groups excluding carboxylic acids is 3. The molecule has 5 rings (SSSR count). The predicted octanol–water partition coefficient (Wildman–Crippen LogP) is 5.52. The lowest BCUT2D eigenvalue weighted by Gasteiger charge is -2.29. The summed E-state index contributed by atoms with van der Waals surface area (Å²) in [7, 11) is 0. The van der Waals surface area contributed by atoms with E-state index in [1.54, 1.807) is 47.7 Å². The van der Waals surface area contributed by atoms with Gasteiger partial charge in [0, 0.05) is 6.54 Å². The minimum Gasteiger partial charge on any atom is -0.443 e. The summed E-state index contributed by atoms with van der Waals surface area (Å²) in [6.45, 7) is 10.6. The number of nitriles is 1. The van der Waals surface area contributed by atoms with Crippen molar-refractivity contribution in [2.75, 3.05) is 11.4 Å². The summed E-state index contributed by atoms with van der Waals surface area (Å²) in [5.41, 5.74) is 0.170. The summed E-state index contributed by atoms with van der Waals surface area (Å²) in [5, 5.41) is 14.4. The monoisotopic (exact) mass is 574 g/mol. The van der Waals surface area contributed by atoms with Crippen molar-refractivity contribution >= 4 is 23.8 Å². The molecular weight excluding hydrogens is 543 g/mol. The normalized spacial score (nSPS) is 14.8. The number of imide groups is 1. The number of aromatic nitrogens is 3. The van der Waals surface area contributed by atoms with Gasteiger partial charge in [-0.2, -0.15) is 10.4 Å². The molecule has 0 fully saturated rings. The number of amides is 3. The van der Waals surface area contributed by atoms with Crippen molar-refractivity contribution in [3.8, 4) is 23.0 Å². The zero-order valence-corrected chi connectivity index (χ0v) is 24.3. The van der Waals surface area contributed by atoms with Gasteiger partial charge in [0.15, 0.2) is 0 Å². The van der Waals surface area contributed by atoms with E-state index in [-0.39, 0.29) is 40.3 Å². The molecule has 1 aromatic carbocycles. The van der Waals surface area contributed by atoms with Crippen LogP contribution in [0.5, 0.6) is 0 Å². The Balaban J connectivity index is 1.66. The highest BCUT2D eigenvalue weighted by Crippen LogP contribution is 2.36. The van der Waals surface area contributed by atoms with E-state index in [0.717, 1.165) is 4.90 Å². The molecule has 0 aliphatic carbocycles. The van der Waals surface area contributed by atoms with E-state index in [0.29, 0.717) is 30.8 Å². The lowest BCUT2D eigenvalue weighted by atomic mass is 10.0. The maximum absolute atomic E-state index is 15.1. The van der Waals surface area contributed by atoms with E-state index in [2.05, 4.69) is 10.1 Å². The van der Waals surface area contributed by atoms with Gasteiger partial charge in [-0.3, -0.25) is 9.69 Å². The lowest BCUT2D eigenvalue weighted by Crippen LogP contribution is -2.39. The maximum atomic E-state index is 15.1. The second kappa shape index (κ2) is 10.2. The Morgan fingerprint density at radius 2 is 1.64 bits per heavy atom. The van der Waals surface area contributed by atoms with Crippen LogP contribution in [-0.2, 0) is 22.4 Å². The summed E-state index contributed by atoms with van der Waals surface area (Å²) < 4.78 is 27.6. The van der Waals surface area contributed by atoms with Crippen LogP contribution in [0.15, 0.2) is 30.5 Å². The van der Waals surface area contributed by atoms with Gasteiger partial charge in [-0.1, -0.05) is 6.07 Å². The van der Waals surface area contributed by atoms with E-state index < -0.39 is 35.1 Å². The standard InChI is InChI=1S/C30H31FN6O5/c1-29(2,3)41-27(39)35-12-8-11-19-23(35)16-37(34-19)22-13-20(24-17(14-32)9-7-10-18(24)31)33-21-15-36(26(38)25(21)22)28(40)42-30(4,5)6/h7,9-10,13,16H,8,11-12,15H2,1-6H3. The molecule has 3 amide bonds. The molecule has 0 saturated heterocycles. The summed E-state index contributed by atoms with van der Waals surface area (Å²) in [6, 6.07) is 7.56. The molecule has 0 N–H and O–H groups in total. The topological polar surface area (TPSA) is 131 Å². The van der Waals surface area contributed by atoms with Gasteiger partial charge in [0.1, 0.15) is 17.0 Å². The molecule has 218 valence electrons. The van der Waals surface area contributed by atoms with Crippen LogP contribution in [0.3, 0.4) is 0 Å². The average Bonchev–Trinajstić information content (AvgIpc) is 3.47. The van der Waals surface area contributed by atoms with Crippen LogP contribution >= 0.6 is 0 Å². The number of carbonyl (C=O) groups is 3. The molecule has 0 atom stereocenters. The third kappa shape index (κ3) is 5.42. The molecule has 3 aromatic rings. The molecule has 0 saturated carbocycles. The summed E-state index contributed by atoms with van der Waals surface area (Å²) in [6.07, 6.45) is 1.45. The van der Waals surface area contributed by atoms with Gasteiger partial charge in [0.2, 0.25) is 0 Å². The van der Waals surface area contributed by atoms with E-state index in [1.165, 1.54) is 33.8 Å². The highest BCUT2D eigenvalue weighted by atomic mass is 19.1. The molecule has 2 aliphatic heterocycles. The van der Waals surface area contributed by atoms with E-state index in [4.69, 9.17) is 9.47 Å². The quantitative estimate of drug-likeness (QED) is 0.391. The van der Waals surface area contributed by atoms with Crippen molar-refractivity contribution in [1.82, 2.24) is 19.7 Å². The average molecular weight is 575 g/mol. The van der Waals surface area contributed by atoms with Crippen molar-refractivity contribution in [3.05, 3.63) is 58.8 Å². The van der Waals surface area contributed by atoms with Crippen LogP contribution in [0, 0.1) is 17.1 Å². The third-order valence-electron chi connectivity index (χ3n) is 6.56. The number of benzene rings is 1. The largest absolute Gasteiger partial charge is 0.443 e. The third-order valence-corrected chi connectivity index (χ3v) is 6.56. The molecular formula is C30H31FN6O5. The zero-order valence-electron chi connectivity index (χ0n) is 24.3. The van der Waals surface area contributed by atoms with Gasteiger partial charge in [0.25, 0.3) is 5.91 Å². The summed E-state index contributed by atoms with van der Waals surface area (Å²) >= 11 is 0. The second-order valence-corrected chi connectivity index (χ2v) is 12.1. The van der Waals surface area contributed by atoms with E-state index >= 15 is 4.39 Å². The van der Waals surface area contributed by atoms with Crippen LogP contribution in [0.4, 0.5) is 19.7 Å². The van der Waals surface area contributed by atoms with Crippen LogP contribution in [0.1, 0.15) is 75.3 Å². The van der Waals surface area contributed by atoms with Crippen LogP contribution in [-0.4, -0.2) is 55.5 Å². The number of pyridine rings is 1. The van der Waals surface area contributed by atoms with E-state index in [1.807, 2.05) is 6.07 Å². The Labute approximate surface area is 242 Å². The predicted molar refractivity (Wildman–Crippen MR) is 149 cm³/mol. The Morgan fingerprint density at radius 1 is 0.976 bits per heavy atom. The Kier molecular flexibility index (Phi) is 7.00. The lowest BCUT2D eigenvalue weighted by molar-refractivity contribution is 0.0246. The maximum Gasteiger partial charge on any atom is 0.417 e. The fourth-order valence-electron chi connectivity index (χ4n) is 4.90. The number of ether oxygens (including phenoxy) is 2. The molecule has 0 bridgehead atoms. The number of rotatable bonds is 2. The Morgan fingerprint density at radius 3 is 2.29 bits per heavy atom. The molecule has 4 heterocycles. The first kappa shape index (κ1) is 28.7. The second-order valence-electron chi connectivity index (χ2n) is 12.1. The van der Waals surface area contributed by atoms with Crippen molar-refractivity contribution in [2.45, 2.75) is 72.1 Å². The molecule has 11 nitrogen and oxygen atoms in total. The molecule has 0 unspecified atom stereocenters. The number of fused-ring (bicyclic) bond motifs is 2. The van der Waals surface area contributed by atoms with Crippen molar-refractivity contribution < 1.29 is 28.2 Å². The first-order chi connectivity index (χ1) is 19.7. The smallest absolute Gasteiger partial charge is 0.417 e. The number of halogens is 1. The van der Waals surface area contributed by atoms with Crippen molar-refractivity contribution in [3.63, 3.8) is 0 Å². The van der Waals surface area contributed by atoms with Gasteiger partial charge in [-0.15, -0.1) is 0 Å². The van der Waals surface area contributed by atoms with Gasteiger partial charge in [-0.05, 0) is 72.6 Å². The first-order valence-corrected chi connectivity index (χ1v) is 13.5. The summed E-state index contributed by atoms with van der Waals surface area (Å²) in [4.78, 5) is 46.6. The number of nitrogens with zero attached hydrogens (tertiary/aromatic N) is 6. The van der Waals surface area contributed by atoms with Crippen molar-refractivity contribution in [1.29, 1.82) is 5.26 Å². The van der Waals surface area contributed by atoms with Crippen LogP contribution in [0.2, 0.25) is 0 Å². The highest BCUT2D eigenvalue weighted by molar-refractivity contribution is 6.08. The highest BCUT2D eigenvalue weighted by Gasteiger charge is 2.40. The van der Waals surface area contributed by atoms with Gasteiger partial charge in [-0.25, -0.2) is 28.5 Å². The van der Waals surface area contributed by atoms with Crippen molar-refractivity contribution in [2.24, 2.45) is 0 Å². The van der Waals surface area contributed by atoms with Gasteiger partial charge >= 0.3 is 12.2 Å². The summed E-state index contributed by atoms with van der Waals surface area (Å²) in [5.74, 6) is -1.32. The van der Waals surface area contributed by atoms with Crippen LogP contribution < -0.4 is 4.90 Å². The fraction of sp³-hybridized carbons (Fsp3) is 0.400. The van der Waals surface area contributed by atoms with Gasteiger partial charge in [0.05, 0.1) is 64.0 Å². The molecule has 42 heavy (non-hydrogen) atoms.